The zero-order valence-electron chi connectivity index (χ0n) is 13.2. The van der Waals surface area contributed by atoms with E-state index in [-0.39, 0.29) is 18.2 Å². The predicted molar refractivity (Wildman–Crippen MR) is 86.5 cm³/mol. The zero-order chi connectivity index (χ0) is 17.1. The number of para-hydroxylation sites is 1. The number of aryl methyl sites for hydroxylation is 2. The number of furan rings is 1. The van der Waals surface area contributed by atoms with Gasteiger partial charge in [0.15, 0.2) is 0 Å². The number of nitrogens with one attached hydrogen (secondary N) is 1. The number of nitrogens with zero attached hydrogens (tertiary/aromatic N) is 2. The van der Waals surface area contributed by atoms with Crippen LogP contribution in [0, 0.1) is 0 Å². The molecule has 7 heteroatoms. The van der Waals surface area contributed by atoms with Gasteiger partial charge in [-0.3, -0.25) is 9.48 Å². The lowest BCUT2D eigenvalue weighted by atomic mass is 10.1. The van der Waals surface area contributed by atoms with E-state index in [0.29, 0.717) is 29.4 Å². The summed E-state index contributed by atoms with van der Waals surface area (Å²) >= 11 is 0. The molecule has 0 aliphatic rings. The van der Waals surface area contributed by atoms with Crippen LogP contribution in [0.1, 0.15) is 28.1 Å². The van der Waals surface area contributed by atoms with Gasteiger partial charge in [-0.05, 0) is 18.1 Å². The fourth-order valence-corrected chi connectivity index (χ4v) is 2.58. The van der Waals surface area contributed by atoms with E-state index in [0.717, 1.165) is 5.56 Å². The van der Waals surface area contributed by atoms with E-state index in [1.807, 2.05) is 13.2 Å². The fourth-order valence-electron chi connectivity index (χ4n) is 2.58. The summed E-state index contributed by atoms with van der Waals surface area (Å²) < 4.78 is 7.05. The average molecular weight is 327 g/mol. The summed E-state index contributed by atoms with van der Waals surface area (Å²) in [6, 6.07) is 7.06. The number of carbonyl (C=O) groups is 2. The minimum atomic E-state index is -1.15. The van der Waals surface area contributed by atoms with E-state index >= 15 is 0 Å². The summed E-state index contributed by atoms with van der Waals surface area (Å²) in [6.07, 6.45) is 4.47. The van der Waals surface area contributed by atoms with Crippen LogP contribution in [-0.4, -0.2) is 26.8 Å². The van der Waals surface area contributed by atoms with Crippen molar-refractivity contribution in [2.75, 3.05) is 0 Å². The van der Waals surface area contributed by atoms with Crippen LogP contribution in [0.5, 0.6) is 0 Å². The first-order valence-electron chi connectivity index (χ1n) is 7.52. The summed E-state index contributed by atoms with van der Waals surface area (Å²) in [5.74, 6) is -1.44. The van der Waals surface area contributed by atoms with Crippen molar-refractivity contribution in [3.05, 3.63) is 53.5 Å². The molecule has 0 aliphatic heterocycles. The van der Waals surface area contributed by atoms with Crippen LogP contribution in [-0.2, 0) is 24.8 Å². The second kappa shape index (κ2) is 6.57. The van der Waals surface area contributed by atoms with Crippen molar-refractivity contribution >= 4 is 22.8 Å². The molecular formula is C17H17N3O4. The Morgan fingerprint density at radius 3 is 2.83 bits per heavy atom. The molecule has 1 amide bonds. The normalized spacial score (nSPS) is 10.9. The van der Waals surface area contributed by atoms with Crippen molar-refractivity contribution in [3.63, 3.8) is 0 Å². The first-order chi connectivity index (χ1) is 11.5. The molecule has 2 heterocycles. The second-order valence-corrected chi connectivity index (χ2v) is 5.51. The van der Waals surface area contributed by atoms with Gasteiger partial charge in [-0.2, -0.15) is 5.10 Å². The van der Waals surface area contributed by atoms with Crippen LogP contribution in [0.25, 0.3) is 11.0 Å². The van der Waals surface area contributed by atoms with Gasteiger partial charge in [-0.1, -0.05) is 18.2 Å². The van der Waals surface area contributed by atoms with Crippen molar-refractivity contribution in [2.45, 2.75) is 19.4 Å². The third-order valence-corrected chi connectivity index (χ3v) is 3.75. The number of hydrogen-bond donors (Lipinski definition) is 2. The van der Waals surface area contributed by atoms with Crippen LogP contribution in [0.15, 0.2) is 41.1 Å². The molecule has 2 aromatic heterocycles. The standard InChI is InChI=1S/C17H17N3O4/c1-20-10-11(8-19-20)6-7-15(21)18-9-13-12-4-2-3-5-14(12)24-16(13)17(22)23/h2-5,8,10H,6-7,9H2,1H3,(H,18,21)(H,22,23). The summed E-state index contributed by atoms with van der Waals surface area (Å²) in [5.41, 5.74) is 1.95. The summed E-state index contributed by atoms with van der Waals surface area (Å²) in [7, 11) is 1.82. The quantitative estimate of drug-likeness (QED) is 0.723. The van der Waals surface area contributed by atoms with Crippen molar-refractivity contribution < 1.29 is 19.1 Å². The van der Waals surface area contributed by atoms with Gasteiger partial charge in [-0.15, -0.1) is 0 Å². The SMILES string of the molecule is Cn1cc(CCC(=O)NCc2c(C(=O)O)oc3ccccc23)cn1. The van der Waals surface area contributed by atoms with Crippen LogP contribution in [0.4, 0.5) is 0 Å². The van der Waals surface area contributed by atoms with Crippen molar-refractivity contribution in [3.8, 4) is 0 Å². The highest BCUT2D eigenvalue weighted by molar-refractivity contribution is 5.95. The Labute approximate surface area is 137 Å². The molecule has 0 spiro atoms. The van der Waals surface area contributed by atoms with Crippen LogP contribution >= 0.6 is 0 Å². The van der Waals surface area contributed by atoms with E-state index in [1.54, 1.807) is 35.1 Å². The van der Waals surface area contributed by atoms with Crippen molar-refractivity contribution in [1.82, 2.24) is 15.1 Å². The smallest absolute Gasteiger partial charge is 0.372 e. The Hall–Kier alpha value is -3.09. The number of amides is 1. The van der Waals surface area contributed by atoms with E-state index in [9.17, 15) is 14.7 Å². The number of hydrogen-bond acceptors (Lipinski definition) is 4. The topological polar surface area (TPSA) is 97.4 Å². The van der Waals surface area contributed by atoms with Gasteiger partial charge in [0.1, 0.15) is 5.58 Å². The molecule has 0 atom stereocenters. The van der Waals surface area contributed by atoms with E-state index in [2.05, 4.69) is 10.4 Å². The third kappa shape index (κ3) is 3.29. The van der Waals surface area contributed by atoms with Gasteiger partial charge < -0.3 is 14.8 Å². The molecule has 1 aromatic carbocycles. The van der Waals surface area contributed by atoms with Gasteiger partial charge in [0.2, 0.25) is 11.7 Å². The van der Waals surface area contributed by atoms with E-state index < -0.39 is 5.97 Å². The maximum atomic E-state index is 12.0. The lowest BCUT2D eigenvalue weighted by Gasteiger charge is -2.04. The van der Waals surface area contributed by atoms with Gasteiger partial charge >= 0.3 is 5.97 Å². The number of carbonyl (C=O) groups excluding carboxylic acids is 1. The molecule has 24 heavy (non-hydrogen) atoms. The number of aromatic nitrogens is 2. The fraction of sp³-hybridized carbons (Fsp3) is 0.235. The number of aromatic carboxylic acids is 1. The second-order valence-electron chi connectivity index (χ2n) is 5.51. The number of fused-ring (bicyclic) bond motifs is 1. The molecule has 0 aliphatic carbocycles. The maximum absolute atomic E-state index is 12.0. The highest BCUT2D eigenvalue weighted by Crippen LogP contribution is 2.25. The molecule has 3 aromatic rings. The Bertz CT molecular complexity index is 894. The van der Waals surface area contributed by atoms with Gasteiger partial charge in [0.05, 0.1) is 6.20 Å². The first-order valence-corrected chi connectivity index (χ1v) is 7.52. The van der Waals surface area contributed by atoms with Crippen LogP contribution < -0.4 is 5.32 Å². The zero-order valence-corrected chi connectivity index (χ0v) is 13.2. The molecule has 0 saturated carbocycles. The Balaban J connectivity index is 1.67. The molecule has 0 unspecified atom stereocenters. The van der Waals surface area contributed by atoms with Gasteiger partial charge in [0, 0.05) is 37.2 Å². The van der Waals surface area contributed by atoms with E-state index in [1.165, 1.54) is 0 Å². The van der Waals surface area contributed by atoms with Crippen LogP contribution in [0.2, 0.25) is 0 Å². The molecule has 3 rings (SSSR count). The van der Waals surface area contributed by atoms with Gasteiger partial charge in [-0.25, -0.2) is 4.79 Å². The molecule has 124 valence electrons. The largest absolute Gasteiger partial charge is 0.475 e. The molecular weight excluding hydrogens is 310 g/mol. The number of benzene rings is 1. The highest BCUT2D eigenvalue weighted by Gasteiger charge is 2.19. The number of carboxylic acid groups (broad SMARTS) is 1. The third-order valence-electron chi connectivity index (χ3n) is 3.75. The van der Waals surface area contributed by atoms with Crippen molar-refractivity contribution in [1.29, 1.82) is 0 Å². The number of carboxylic acids is 1. The minimum Gasteiger partial charge on any atom is -0.475 e. The predicted octanol–water partition coefficient (Wildman–Crippen LogP) is 2.11. The average Bonchev–Trinajstić information content (AvgIpc) is 3.14. The molecule has 7 nitrogen and oxygen atoms in total. The molecule has 0 saturated heterocycles. The molecule has 0 bridgehead atoms. The van der Waals surface area contributed by atoms with Crippen molar-refractivity contribution in [2.24, 2.45) is 7.05 Å². The summed E-state index contributed by atoms with van der Waals surface area (Å²) in [6.45, 7) is 0.116. The van der Waals surface area contributed by atoms with Gasteiger partial charge in [0.25, 0.3) is 0 Å². The highest BCUT2D eigenvalue weighted by atomic mass is 16.4. The molecule has 2 N–H and O–H groups in total. The van der Waals surface area contributed by atoms with E-state index in [4.69, 9.17) is 4.42 Å². The summed E-state index contributed by atoms with van der Waals surface area (Å²) in [4.78, 5) is 23.4. The monoisotopic (exact) mass is 327 g/mol. The Morgan fingerprint density at radius 2 is 2.12 bits per heavy atom. The lowest BCUT2D eigenvalue weighted by molar-refractivity contribution is -0.121. The van der Waals surface area contributed by atoms with Crippen LogP contribution in [0.3, 0.4) is 0 Å². The Morgan fingerprint density at radius 1 is 1.33 bits per heavy atom. The molecule has 0 radical (unpaired) electrons. The lowest BCUT2D eigenvalue weighted by Crippen LogP contribution is -2.23. The minimum absolute atomic E-state index is 0.116. The Kier molecular flexibility index (Phi) is 4.33. The summed E-state index contributed by atoms with van der Waals surface area (Å²) in [5, 5.41) is 16.8. The number of rotatable bonds is 6. The molecule has 0 fully saturated rings. The maximum Gasteiger partial charge on any atom is 0.372 e. The first kappa shape index (κ1) is 15.8.